The Balaban J connectivity index is 0.00000450. The molecule has 2 N–H and O–H groups in total. The number of hydrogen-bond acceptors (Lipinski definition) is 4. The molecule has 0 radical (unpaired) electrons. The second-order valence-corrected chi connectivity index (χ2v) is 7.18. The number of nitrogens with zero attached hydrogens (tertiary/aromatic N) is 3. The predicted octanol–water partition coefficient (Wildman–Crippen LogP) is 2.91. The van der Waals surface area contributed by atoms with Gasteiger partial charge in [-0.1, -0.05) is 6.92 Å². The molecule has 0 bridgehead atoms. The van der Waals surface area contributed by atoms with Crippen LogP contribution < -0.4 is 20.3 Å². The zero-order chi connectivity index (χ0) is 21.2. The molecule has 0 saturated carbocycles. The van der Waals surface area contributed by atoms with E-state index in [1.165, 1.54) is 4.90 Å². The fourth-order valence-electron chi connectivity index (χ4n) is 3.05. The monoisotopic (exact) mass is 539 g/mol. The average molecular weight is 539 g/mol. The predicted molar refractivity (Wildman–Crippen MR) is 126 cm³/mol. The molecule has 1 aliphatic heterocycles. The van der Waals surface area contributed by atoms with Gasteiger partial charge in [0.1, 0.15) is 12.3 Å². The summed E-state index contributed by atoms with van der Waals surface area (Å²) in [6, 6.07) is 6.86. The SMILES string of the molecule is CCCNC(=NCC(=O)N(C)C)NC1CCCN(c2ccc(OC(F)F)cc2)C1.I. The number of hydrogen-bond donors (Lipinski definition) is 2. The molecule has 10 heteroatoms. The van der Waals surface area contributed by atoms with Crippen molar-refractivity contribution >= 4 is 41.5 Å². The van der Waals surface area contributed by atoms with E-state index in [1.54, 1.807) is 38.4 Å². The van der Waals surface area contributed by atoms with Crippen LogP contribution >= 0.6 is 24.0 Å². The number of anilines is 1. The highest BCUT2D eigenvalue weighted by Crippen LogP contribution is 2.23. The summed E-state index contributed by atoms with van der Waals surface area (Å²) in [5.74, 6) is 0.729. The van der Waals surface area contributed by atoms with E-state index in [-0.39, 0.29) is 48.2 Å². The van der Waals surface area contributed by atoms with Crippen LogP contribution in [0.5, 0.6) is 5.75 Å². The first-order chi connectivity index (χ1) is 13.9. The van der Waals surface area contributed by atoms with Crippen molar-refractivity contribution in [2.24, 2.45) is 4.99 Å². The molecule has 1 amide bonds. The quantitative estimate of drug-likeness (QED) is 0.302. The van der Waals surface area contributed by atoms with E-state index >= 15 is 0 Å². The largest absolute Gasteiger partial charge is 0.435 e. The van der Waals surface area contributed by atoms with Gasteiger partial charge in [-0.25, -0.2) is 4.99 Å². The molecule has 1 saturated heterocycles. The smallest absolute Gasteiger partial charge is 0.387 e. The molecular formula is C20H32F2IN5O2. The molecule has 7 nitrogen and oxygen atoms in total. The summed E-state index contributed by atoms with van der Waals surface area (Å²) in [5, 5.41) is 6.68. The number of nitrogens with one attached hydrogen (secondary N) is 2. The van der Waals surface area contributed by atoms with E-state index in [9.17, 15) is 13.6 Å². The third-order valence-electron chi connectivity index (χ3n) is 4.60. The van der Waals surface area contributed by atoms with Crippen molar-refractivity contribution < 1.29 is 18.3 Å². The van der Waals surface area contributed by atoms with Gasteiger partial charge in [-0.3, -0.25) is 4.79 Å². The van der Waals surface area contributed by atoms with Crippen LogP contribution in [-0.4, -0.2) is 69.7 Å². The lowest BCUT2D eigenvalue weighted by molar-refractivity contribution is -0.127. The van der Waals surface area contributed by atoms with E-state index in [0.717, 1.165) is 44.6 Å². The lowest BCUT2D eigenvalue weighted by Gasteiger charge is -2.35. The first kappa shape index (κ1) is 26.2. The van der Waals surface area contributed by atoms with Gasteiger partial charge in [0.25, 0.3) is 0 Å². The number of likely N-dealkylation sites (N-methyl/N-ethyl adjacent to an activating group) is 1. The second kappa shape index (κ2) is 13.5. The average Bonchev–Trinajstić information content (AvgIpc) is 2.70. The summed E-state index contributed by atoms with van der Waals surface area (Å²) in [7, 11) is 3.42. The summed E-state index contributed by atoms with van der Waals surface area (Å²) in [4.78, 5) is 20.0. The Kier molecular flexibility index (Phi) is 11.7. The van der Waals surface area contributed by atoms with Crippen LogP contribution in [0.1, 0.15) is 26.2 Å². The van der Waals surface area contributed by atoms with Crippen LogP contribution in [0, 0.1) is 0 Å². The van der Waals surface area contributed by atoms with Crippen molar-refractivity contribution in [1.82, 2.24) is 15.5 Å². The zero-order valence-corrected chi connectivity index (χ0v) is 20.1. The first-order valence-electron chi connectivity index (χ1n) is 9.94. The summed E-state index contributed by atoms with van der Waals surface area (Å²) < 4.78 is 29.0. The minimum Gasteiger partial charge on any atom is -0.435 e. The van der Waals surface area contributed by atoms with Crippen LogP contribution in [0.25, 0.3) is 0 Å². The molecule has 30 heavy (non-hydrogen) atoms. The Morgan fingerprint density at radius 1 is 1.33 bits per heavy atom. The second-order valence-electron chi connectivity index (χ2n) is 7.18. The van der Waals surface area contributed by atoms with Gasteiger partial charge < -0.3 is 25.2 Å². The van der Waals surface area contributed by atoms with Gasteiger partial charge in [0.2, 0.25) is 5.91 Å². The van der Waals surface area contributed by atoms with Gasteiger partial charge in [-0.15, -0.1) is 24.0 Å². The van der Waals surface area contributed by atoms with Gasteiger partial charge in [0.15, 0.2) is 5.96 Å². The van der Waals surface area contributed by atoms with E-state index < -0.39 is 6.61 Å². The number of aliphatic imine (C=N–C) groups is 1. The van der Waals surface area contributed by atoms with Crippen molar-refractivity contribution in [2.45, 2.75) is 38.8 Å². The number of rotatable bonds is 8. The van der Waals surface area contributed by atoms with E-state index in [2.05, 4.69) is 32.2 Å². The topological polar surface area (TPSA) is 69.2 Å². The molecule has 1 atom stereocenters. The number of carbonyl (C=O) groups excluding carboxylic acids is 1. The van der Waals surface area contributed by atoms with E-state index in [4.69, 9.17) is 0 Å². The number of ether oxygens (including phenoxy) is 1. The molecule has 1 aromatic carbocycles. The van der Waals surface area contributed by atoms with Crippen molar-refractivity contribution in [1.29, 1.82) is 0 Å². The number of guanidine groups is 1. The van der Waals surface area contributed by atoms with Crippen LogP contribution in [0.3, 0.4) is 0 Å². The summed E-state index contributed by atoms with van der Waals surface area (Å²) >= 11 is 0. The fraction of sp³-hybridized carbons (Fsp3) is 0.600. The Morgan fingerprint density at radius 3 is 2.63 bits per heavy atom. The molecule has 1 fully saturated rings. The normalized spacial score (nSPS) is 16.7. The third-order valence-corrected chi connectivity index (χ3v) is 4.60. The van der Waals surface area contributed by atoms with Crippen LogP contribution in [0.15, 0.2) is 29.3 Å². The highest BCUT2D eigenvalue weighted by molar-refractivity contribution is 14.0. The highest BCUT2D eigenvalue weighted by Gasteiger charge is 2.21. The van der Waals surface area contributed by atoms with Gasteiger partial charge in [0, 0.05) is 45.5 Å². The minimum atomic E-state index is -2.82. The Hall–Kier alpha value is -1.85. The molecule has 170 valence electrons. The molecule has 1 aromatic rings. The molecule has 0 aliphatic carbocycles. The zero-order valence-electron chi connectivity index (χ0n) is 17.7. The summed E-state index contributed by atoms with van der Waals surface area (Å²) in [6.45, 7) is 1.75. The molecular weight excluding hydrogens is 507 g/mol. The van der Waals surface area contributed by atoms with Crippen molar-refractivity contribution in [3.05, 3.63) is 24.3 Å². The fourth-order valence-corrected chi connectivity index (χ4v) is 3.05. The van der Waals surface area contributed by atoms with Crippen molar-refractivity contribution in [3.8, 4) is 5.75 Å². The molecule has 0 aromatic heterocycles. The Bertz CT molecular complexity index is 674. The summed E-state index contributed by atoms with van der Waals surface area (Å²) in [5.41, 5.74) is 0.959. The Morgan fingerprint density at radius 2 is 2.03 bits per heavy atom. The van der Waals surface area contributed by atoms with Crippen LogP contribution in [0.4, 0.5) is 14.5 Å². The third kappa shape index (κ3) is 8.88. The number of halogens is 3. The van der Waals surface area contributed by atoms with Gasteiger partial charge in [-0.05, 0) is 43.5 Å². The molecule has 1 heterocycles. The van der Waals surface area contributed by atoms with Gasteiger partial charge >= 0.3 is 6.61 Å². The molecule has 1 aliphatic rings. The first-order valence-corrected chi connectivity index (χ1v) is 9.94. The summed E-state index contributed by atoms with van der Waals surface area (Å²) in [6.07, 6.45) is 2.92. The van der Waals surface area contributed by atoms with Crippen molar-refractivity contribution in [3.63, 3.8) is 0 Å². The maximum Gasteiger partial charge on any atom is 0.387 e. The Labute approximate surface area is 194 Å². The van der Waals surface area contributed by atoms with E-state index in [1.807, 2.05) is 0 Å². The maximum atomic E-state index is 12.3. The highest BCUT2D eigenvalue weighted by atomic mass is 127. The number of benzene rings is 1. The standard InChI is InChI=1S/C20H31F2N5O2.HI/c1-4-11-23-20(24-13-18(28)26(2)3)25-15-6-5-12-27(14-15)16-7-9-17(10-8-16)29-19(21)22;/h7-10,15,19H,4-6,11-14H2,1-3H3,(H2,23,24,25);1H. The number of alkyl halides is 2. The number of amides is 1. The van der Waals surface area contributed by atoms with Gasteiger partial charge in [0.05, 0.1) is 0 Å². The molecule has 2 rings (SSSR count). The van der Waals surface area contributed by atoms with E-state index in [0.29, 0.717) is 5.96 Å². The van der Waals surface area contributed by atoms with Crippen LogP contribution in [-0.2, 0) is 4.79 Å². The number of piperidine rings is 1. The van der Waals surface area contributed by atoms with Gasteiger partial charge in [-0.2, -0.15) is 8.78 Å². The lowest BCUT2D eigenvalue weighted by Crippen LogP contribution is -2.51. The number of carbonyl (C=O) groups is 1. The van der Waals surface area contributed by atoms with Crippen LogP contribution in [0.2, 0.25) is 0 Å². The lowest BCUT2D eigenvalue weighted by atomic mass is 10.0. The minimum absolute atomic E-state index is 0. The molecule has 0 spiro atoms. The van der Waals surface area contributed by atoms with Crippen molar-refractivity contribution in [2.75, 3.05) is 45.2 Å². The maximum absolute atomic E-state index is 12.3. The molecule has 1 unspecified atom stereocenters.